The van der Waals surface area contributed by atoms with E-state index in [-0.39, 0.29) is 24.8 Å². The average Bonchev–Trinajstić information content (AvgIpc) is 3.15. The Labute approximate surface area is 171 Å². The van der Waals surface area contributed by atoms with Gasteiger partial charge >= 0.3 is 12.1 Å². The lowest BCUT2D eigenvalue weighted by atomic mass is 10.1. The van der Waals surface area contributed by atoms with E-state index >= 15 is 0 Å². The topological polar surface area (TPSA) is 65.1 Å². The van der Waals surface area contributed by atoms with Crippen LogP contribution in [0.1, 0.15) is 43.1 Å². The fraction of sp³-hybridized carbons (Fsp3) is 0.391. The van der Waals surface area contributed by atoms with Crippen molar-refractivity contribution < 1.29 is 23.8 Å². The van der Waals surface area contributed by atoms with E-state index in [9.17, 15) is 9.59 Å². The third kappa shape index (κ3) is 6.24. The average molecular weight is 397 g/mol. The highest BCUT2D eigenvalue weighted by molar-refractivity contribution is 5.89. The molecule has 2 aromatic rings. The van der Waals surface area contributed by atoms with Crippen molar-refractivity contribution in [1.82, 2.24) is 4.90 Å². The Kier molecular flexibility index (Phi) is 6.42. The summed E-state index contributed by atoms with van der Waals surface area (Å²) in [6, 6.07) is 16.5. The largest absolute Gasteiger partial charge is 0.489 e. The second-order valence-electron chi connectivity index (χ2n) is 8.04. The summed E-state index contributed by atoms with van der Waals surface area (Å²) in [5, 5.41) is 0. The van der Waals surface area contributed by atoms with Gasteiger partial charge in [0.25, 0.3) is 0 Å². The Hall–Kier alpha value is -3.02. The molecule has 1 fully saturated rings. The molecule has 0 radical (unpaired) electrons. The maximum Gasteiger partial charge on any atom is 0.410 e. The number of likely N-dealkylation sites (tertiary alicyclic amines) is 1. The van der Waals surface area contributed by atoms with E-state index in [1.54, 1.807) is 29.2 Å². The zero-order valence-corrected chi connectivity index (χ0v) is 17.1. The highest BCUT2D eigenvalue weighted by Crippen LogP contribution is 2.21. The summed E-state index contributed by atoms with van der Waals surface area (Å²) in [5.41, 5.74) is 0.900. The van der Waals surface area contributed by atoms with Gasteiger partial charge in [0.1, 0.15) is 24.1 Å². The zero-order valence-electron chi connectivity index (χ0n) is 17.1. The molecule has 0 N–H and O–H groups in total. The molecule has 1 heterocycles. The number of ether oxygens (including phenoxy) is 3. The Morgan fingerprint density at radius 2 is 1.72 bits per heavy atom. The summed E-state index contributed by atoms with van der Waals surface area (Å²) in [7, 11) is 0. The van der Waals surface area contributed by atoms with Crippen LogP contribution in [0.4, 0.5) is 4.79 Å². The number of carbonyl (C=O) groups is 2. The molecule has 1 saturated heterocycles. The van der Waals surface area contributed by atoms with Crippen LogP contribution < -0.4 is 4.74 Å². The van der Waals surface area contributed by atoms with E-state index in [1.807, 2.05) is 51.1 Å². The molecule has 2 aromatic carbocycles. The number of hydrogen-bond acceptors (Lipinski definition) is 5. The van der Waals surface area contributed by atoms with Crippen LogP contribution in [-0.2, 0) is 16.1 Å². The van der Waals surface area contributed by atoms with Crippen LogP contribution in [0.5, 0.6) is 5.75 Å². The smallest absolute Gasteiger partial charge is 0.410 e. The maximum atomic E-state index is 12.2. The standard InChI is InChI=1S/C23H27NO5/c1-23(2,3)29-21(25)18-9-11-19(12-10-18)28-20-13-14-24(15-20)22(26)27-16-17-7-5-4-6-8-17/h4-12,20H,13-16H2,1-3H3. The minimum atomic E-state index is -0.533. The summed E-state index contributed by atoms with van der Waals surface area (Å²) >= 11 is 0. The van der Waals surface area contributed by atoms with Gasteiger partial charge < -0.3 is 19.1 Å². The third-order valence-corrected chi connectivity index (χ3v) is 4.40. The predicted molar refractivity (Wildman–Crippen MR) is 109 cm³/mol. The first-order valence-corrected chi connectivity index (χ1v) is 9.76. The lowest BCUT2D eigenvalue weighted by Gasteiger charge is -2.19. The molecule has 154 valence electrons. The molecule has 0 spiro atoms. The Bertz CT molecular complexity index is 827. The molecule has 1 aliphatic heterocycles. The highest BCUT2D eigenvalue weighted by atomic mass is 16.6. The maximum absolute atomic E-state index is 12.2. The van der Waals surface area contributed by atoms with Crippen molar-refractivity contribution in [2.75, 3.05) is 13.1 Å². The minimum absolute atomic E-state index is 0.105. The predicted octanol–water partition coefficient (Wildman–Crippen LogP) is 4.43. The molecule has 1 amide bonds. The number of amides is 1. The number of carbonyl (C=O) groups excluding carboxylic acids is 2. The minimum Gasteiger partial charge on any atom is -0.489 e. The Balaban J connectivity index is 1.47. The van der Waals surface area contributed by atoms with Crippen LogP contribution in [0.3, 0.4) is 0 Å². The summed E-state index contributed by atoms with van der Waals surface area (Å²) in [4.78, 5) is 26.0. The van der Waals surface area contributed by atoms with Gasteiger partial charge in [-0.15, -0.1) is 0 Å². The summed E-state index contributed by atoms with van der Waals surface area (Å²) in [5.74, 6) is 0.291. The molecular weight excluding hydrogens is 370 g/mol. The lowest BCUT2D eigenvalue weighted by Crippen LogP contribution is -2.31. The van der Waals surface area contributed by atoms with Crippen molar-refractivity contribution in [2.45, 2.75) is 45.5 Å². The molecular formula is C23H27NO5. The van der Waals surface area contributed by atoms with Crippen molar-refractivity contribution in [3.05, 3.63) is 65.7 Å². The van der Waals surface area contributed by atoms with E-state index in [4.69, 9.17) is 14.2 Å². The van der Waals surface area contributed by atoms with Gasteiger partial charge in [0.15, 0.2) is 0 Å². The highest BCUT2D eigenvalue weighted by Gasteiger charge is 2.28. The molecule has 0 aliphatic carbocycles. The van der Waals surface area contributed by atoms with E-state index in [0.29, 0.717) is 24.4 Å². The monoisotopic (exact) mass is 397 g/mol. The van der Waals surface area contributed by atoms with Gasteiger partial charge in [-0.25, -0.2) is 9.59 Å². The van der Waals surface area contributed by atoms with Gasteiger partial charge in [-0.05, 0) is 50.6 Å². The number of nitrogens with zero attached hydrogens (tertiary/aromatic N) is 1. The molecule has 0 bridgehead atoms. The molecule has 3 rings (SSSR count). The molecule has 1 unspecified atom stereocenters. The second kappa shape index (κ2) is 8.99. The van der Waals surface area contributed by atoms with E-state index in [0.717, 1.165) is 12.0 Å². The van der Waals surface area contributed by atoms with Crippen LogP contribution in [-0.4, -0.2) is 41.8 Å². The van der Waals surface area contributed by atoms with Crippen molar-refractivity contribution in [2.24, 2.45) is 0 Å². The van der Waals surface area contributed by atoms with Crippen LogP contribution >= 0.6 is 0 Å². The van der Waals surface area contributed by atoms with Gasteiger partial charge in [0.05, 0.1) is 12.1 Å². The third-order valence-electron chi connectivity index (χ3n) is 4.40. The molecule has 0 saturated carbocycles. The number of rotatable bonds is 5. The lowest BCUT2D eigenvalue weighted by molar-refractivity contribution is 0.00694. The van der Waals surface area contributed by atoms with Crippen LogP contribution in [0.15, 0.2) is 54.6 Å². The quantitative estimate of drug-likeness (QED) is 0.698. The summed E-state index contributed by atoms with van der Waals surface area (Å²) in [6.45, 7) is 6.82. The normalized spacial score (nSPS) is 16.4. The Morgan fingerprint density at radius 3 is 2.38 bits per heavy atom. The molecule has 6 nitrogen and oxygen atoms in total. The molecule has 1 atom stereocenters. The van der Waals surface area contributed by atoms with Crippen LogP contribution in [0, 0.1) is 0 Å². The SMILES string of the molecule is CC(C)(C)OC(=O)c1ccc(OC2CCN(C(=O)OCc3ccccc3)C2)cc1. The Morgan fingerprint density at radius 1 is 1.03 bits per heavy atom. The summed E-state index contributed by atoms with van der Waals surface area (Å²) in [6.07, 6.45) is 0.292. The van der Waals surface area contributed by atoms with E-state index in [2.05, 4.69) is 0 Å². The van der Waals surface area contributed by atoms with Crippen molar-refractivity contribution in [3.8, 4) is 5.75 Å². The molecule has 1 aliphatic rings. The van der Waals surface area contributed by atoms with Crippen LogP contribution in [0.2, 0.25) is 0 Å². The fourth-order valence-electron chi connectivity index (χ4n) is 3.00. The number of esters is 1. The fourth-order valence-corrected chi connectivity index (χ4v) is 3.00. The molecule has 6 heteroatoms. The van der Waals surface area contributed by atoms with Gasteiger partial charge in [0, 0.05) is 13.0 Å². The first-order chi connectivity index (χ1) is 13.8. The van der Waals surface area contributed by atoms with Crippen molar-refractivity contribution in [1.29, 1.82) is 0 Å². The van der Waals surface area contributed by atoms with Crippen LogP contribution in [0.25, 0.3) is 0 Å². The number of hydrogen-bond donors (Lipinski definition) is 0. The molecule has 29 heavy (non-hydrogen) atoms. The zero-order chi connectivity index (χ0) is 20.9. The van der Waals surface area contributed by atoms with Gasteiger partial charge in [-0.3, -0.25) is 0 Å². The van der Waals surface area contributed by atoms with Gasteiger partial charge in [-0.1, -0.05) is 30.3 Å². The number of benzene rings is 2. The van der Waals surface area contributed by atoms with E-state index in [1.165, 1.54) is 0 Å². The van der Waals surface area contributed by atoms with Crippen molar-refractivity contribution in [3.63, 3.8) is 0 Å². The first-order valence-electron chi connectivity index (χ1n) is 9.76. The van der Waals surface area contributed by atoms with Gasteiger partial charge in [-0.2, -0.15) is 0 Å². The first kappa shape index (κ1) is 20.7. The van der Waals surface area contributed by atoms with E-state index < -0.39 is 5.60 Å². The van der Waals surface area contributed by atoms with Crippen molar-refractivity contribution >= 4 is 12.1 Å². The summed E-state index contributed by atoms with van der Waals surface area (Å²) < 4.78 is 16.7. The van der Waals surface area contributed by atoms with Gasteiger partial charge in [0.2, 0.25) is 0 Å². The molecule has 0 aromatic heterocycles. The second-order valence-corrected chi connectivity index (χ2v) is 8.04.